The highest BCUT2D eigenvalue weighted by Crippen LogP contribution is 2.28. The molecule has 6 heteroatoms. The van der Waals surface area contributed by atoms with Crippen molar-refractivity contribution in [2.45, 2.75) is 26.0 Å². The summed E-state index contributed by atoms with van der Waals surface area (Å²) in [5.74, 6) is -0.846. The van der Waals surface area contributed by atoms with Crippen LogP contribution in [0.1, 0.15) is 25.5 Å². The molecule has 0 fully saturated rings. The van der Waals surface area contributed by atoms with Gasteiger partial charge in [-0.05, 0) is 18.1 Å². The molecule has 0 spiro atoms. The number of nitro benzene ring substituents is 1. The van der Waals surface area contributed by atoms with Gasteiger partial charge in [-0.15, -0.1) is 0 Å². The van der Waals surface area contributed by atoms with Crippen molar-refractivity contribution in [1.29, 1.82) is 0 Å². The molecule has 17 heavy (non-hydrogen) atoms. The quantitative estimate of drug-likeness (QED) is 0.621. The van der Waals surface area contributed by atoms with Crippen LogP contribution in [-0.2, 0) is 0 Å². The van der Waals surface area contributed by atoms with Gasteiger partial charge in [0.15, 0.2) is 0 Å². The molecule has 1 aromatic rings. The van der Waals surface area contributed by atoms with E-state index in [4.69, 9.17) is 5.73 Å². The molecule has 2 atom stereocenters. The van der Waals surface area contributed by atoms with E-state index in [1.54, 1.807) is 13.8 Å². The van der Waals surface area contributed by atoms with Gasteiger partial charge in [0.1, 0.15) is 5.82 Å². The molecule has 0 unspecified atom stereocenters. The number of aliphatic hydroxyl groups is 1. The van der Waals surface area contributed by atoms with Crippen LogP contribution in [0.2, 0.25) is 0 Å². The summed E-state index contributed by atoms with van der Waals surface area (Å²) < 4.78 is 12.9. The Morgan fingerprint density at radius 1 is 1.47 bits per heavy atom. The molecule has 0 aliphatic carbocycles. The van der Waals surface area contributed by atoms with E-state index < -0.39 is 28.6 Å². The average Bonchev–Trinajstić information content (AvgIpc) is 2.26. The molecule has 0 radical (unpaired) electrons. The summed E-state index contributed by atoms with van der Waals surface area (Å²) in [5, 5.41) is 20.6. The fourth-order valence-electron chi connectivity index (χ4n) is 1.56. The SMILES string of the molecule is CC(C)[C@@H](O)[C@@H](N)c1ccc(F)cc1[N+](=O)[O-]. The maximum absolute atomic E-state index is 12.9. The lowest BCUT2D eigenvalue weighted by atomic mass is 9.93. The summed E-state index contributed by atoms with van der Waals surface area (Å²) in [5.41, 5.74) is 5.48. The van der Waals surface area contributed by atoms with Gasteiger partial charge < -0.3 is 10.8 Å². The Morgan fingerprint density at radius 2 is 2.06 bits per heavy atom. The van der Waals surface area contributed by atoms with Crippen molar-refractivity contribution in [3.8, 4) is 0 Å². The van der Waals surface area contributed by atoms with E-state index in [-0.39, 0.29) is 11.5 Å². The van der Waals surface area contributed by atoms with Gasteiger partial charge in [0, 0.05) is 5.56 Å². The van der Waals surface area contributed by atoms with Gasteiger partial charge in [-0.1, -0.05) is 13.8 Å². The van der Waals surface area contributed by atoms with Crippen molar-refractivity contribution in [1.82, 2.24) is 0 Å². The number of hydrogen-bond donors (Lipinski definition) is 2. The largest absolute Gasteiger partial charge is 0.391 e. The molecular weight excluding hydrogens is 227 g/mol. The van der Waals surface area contributed by atoms with Crippen LogP contribution < -0.4 is 5.73 Å². The van der Waals surface area contributed by atoms with Crippen LogP contribution in [0.15, 0.2) is 18.2 Å². The van der Waals surface area contributed by atoms with Gasteiger partial charge in [0.05, 0.1) is 23.1 Å². The van der Waals surface area contributed by atoms with Gasteiger partial charge in [0.25, 0.3) is 5.69 Å². The monoisotopic (exact) mass is 242 g/mol. The van der Waals surface area contributed by atoms with E-state index in [1.165, 1.54) is 6.07 Å². The number of rotatable bonds is 4. The topological polar surface area (TPSA) is 89.4 Å². The fourth-order valence-corrected chi connectivity index (χ4v) is 1.56. The number of benzene rings is 1. The predicted octanol–water partition coefficient (Wildman–Crippen LogP) is 1.75. The van der Waals surface area contributed by atoms with Gasteiger partial charge in [-0.3, -0.25) is 10.1 Å². The maximum Gasteiger partial charge on any atom is 0.277 e. The van der Waals surface area contributed by atoms with Crippen LogP contribution in [0.4, 0.5) is 10.1 Å². The third-order valence-corrected chi connectivity index (χ3v) is 2.60. The second-order valence-corrected chi connectivity index (χ2v) is 4.22. The minimum absolute atomic E-state index is 0.137. The van der Waals surface area contributed by atoms with Crippen LogP contribution in [-0.4, -0.2) is 16.1 Å². The molecule has 0 aliphatic rings. The number of halogens is 1. The van der Waals surface area contributed by atoms with E-state index in [0.717, 1.165) is 12.1 Å². The Kier molecular flexibility index (Phi) is 4.14. The van der Waals surface area contributed by atoms with Crippen molar-refractivity contribution in [3.05, 3.63) is 39.7 Å². The molecule has 5 nitrogen and oxygen atoms in total. The van der Waals surface area contributed by atoms with E-state index >= 15 is 0 Å². The Morgan fingerprint density at radius 3 is 2.53 bits per heavy atom. The second kappa shape index (κ2) is 5.20. The zero-order valence-corrected chi connectivity index (χ0v) is 9.63. The van der Waals surface area contributed by atoms with E-state index in [1.807, 2.05) is 0 Å². The second-order valence-electron chi connectivity index (χ2n) is 4.22. The molecule has 0 heterocycles. The van der Waals surface area contributed by atoms with Gasteiger partial charge in [0.2, 0.25) is 0 Å². The minimum Gasteiger partial charge on any atom is -0.391 e. The maximum atomic E-state index is 12.9. The molecule has 0 saturated heterocycles. The van der Waals surface area contributed by atoms with Crippen LogP contribution in [0, 0.1) is 21.8 Å². The highest BCUT2D eigenvalue weighted by molar-refractivity contribution is 5.43. The Bertz CT molecular complexity index is 423. The Labute approximate surface area is 98.2 Å². The van der Waals surface area contributed by atoms with E-state index in [2.05, 4.69) is 0 Å². The van der Waals surface area contributed by atoms with Crippen LogP contribution in [0.3, 0.4) is 0 Å². The average molecular weight is 242 g/mol. The normalized spacial score (nSPS) is 14.7. The van der Waals surface area contributed by atoms with Crippen molar-refractivity contribution >= 4 is 5.69 Å². The molecule has 0 amide bonds. The fraction of sp³-hybridized carbons (Fsp3) is 0.455. The zero-order chi connectivity index (χ0) is 13.2. The highest BCUT2D eigenvalue weighted by Gasteiger charge is 2.27. The van der Waals surface area contributed by atoms with Crippen molar-refractivity contribution in [2.24, 2.45) is 11.7 Å². The summed E-state index contributed by atoms with van der Waals surface area (Å²) in [6.07, 6.45) is -0.917. The lowest BCUT2D eigenvalue weighted by molar-refractivity contribution is -0.386. The molecule has 94 valence electrons. The number of nitrogens with zero attached hydrogens (tertiary/aromatic N) is 1. The lowest BCUT2D eigenvalue weighted by Crippen LogP contribution is -2.31. The summed E-state index contributed by atoms with van der Waals surface area (Å²) in [4.78, 5) is 10.1. The van der Waals surface area contributed by atoms with Gasteiger partial charge in [-0.25, -0.2) is 4.39 Å². The first-order valence-electron chi connectivity index (χ1n) is 5.22. The Hall–Kier alpha value is -1.53. The van der Waals surface area contributed by atoms with Crippen LogP contribution in [0.25, 0.3) is 0 Å². The summed E-state index contributed by atoms with van der Waals surface area (Å²) >= 11 is 0. The molecule has 1 rings (SSSR count). The van der Waals surface area contributed by atoms with Gasteiger partial charge >= 0.3 is 0 Å². The molecule has 1 aromatic carbocycles. The van der Waals surface area contributed by atoms with Crippen LogP contribution >= 0.6 is 0 Å². The predicted molar refractivity (Wildman–Crippen MR) is 60.8 cm³/mol. The van der Waals surface area contributed by atoms with Crippen molar-refractivity contribution < 1.29 is 14.4 Å². The minimum atomic E-state index is -0.917. The summed E-state index contributed by atoms with van der Waals surface area (Å²) in [6, 6.07) is 2.23. The van der Waals surface area contributed by atoms with Crippen molar-refractivity contribution in [3.63, 3.8) is 0 Å². The molecule has 0 bridgehead atoms. The zero-order valence-electron chi connectivity index (χ0n) is 9.63. The highest BCUT2D eigenvalue weighted by atomic mass is 19.1. The summed E-state index contributed by atoms with van der Waals surface area (Å²) in [7, 11) is 0. The van der Waals surface area contributed by atoms with Crippen molar-refractivity contribution in [2.75, 3.05) is 0 Å². The standard InChI is InChI=1S/C11H15FN2O3/c1-6(2)11(15)10(13)8-4-3-7(12)5-9(8)14(16)17/h3-6,10-11,15H,13H2,1-2H3/t10-,11+/m0/s1. The molecule has 0 saturated carbocycles. The lowest BCUT2D eigenvalue weighted by Gasteiger charge is -2.22. The number of hydrogen-bond acceptors (Lipinski definition) is 4. The Balaban J connectivity index is 3.17. The first-order valence-corrected chi connectivity index (χ1v) is 5.22. The number of nitro groups is 1. The van der Waals surface area contributed by atoms with Gasteiger partial charge in [-0.2, -0.15) is 0 Å². The third kappa shape index (κ3) is 2.98. The smallest absolute Gasteiger partial charge is 0.277 e. The molecule has 0 aromatic heterocycles. The first-order chi connectivity index (χ1) is 7.84. The van der Waals surface area contributed by atoms with E-state index in [0.29, 0.717) is 0 Å². The number of nitrogens with two attached hydrogens (primary N) is 1. The third-order valence-electron chi connectivity index (χ3n) is 2.60. The molecular formula is C11H15FN2O3. The summed E-state index contributed by atoms with van der Waals surface area (Å²) in [6.45, 7) is 3.50. The molecule has 3 N–H and O–H groups in total. The first kappa shape index (κ1) is 13.5. The molecule has 0 aliphatic heterocycles. The van der Waals surface area contributed by atoms with E-state index in [9.17, 15) is 19.6 Å². The van der Waals surface area contributed by atoms with Crippen LogP contribution in [0.5, 0.6) is 0 Å². The number of aliphatic hydroxyl groups excluding tert-OH is 1.